The lowest BCUT2D eigenvalue weighted by Crippen LogP contribution is -2.34. The van der Waals surface area contributed by atoms with Crippen LogP contribution >= 0.6 is 23.4 Å². The summed E-state index contributed by atoms with van der Waals surface area (Å²) >= 11 is 7.23. The Labute approximate surface area is 236 Å². The zero-order chi connectivity index (χ0) is 28.5. The molecule has 0 radical (unpaired) electrons. The zero-order valence-electron chi connectivity index (χ0n) is 21.9. The summed E-state index contributed by atoms with van der Waals surface area (Å²) in [6, 6.07) is 12.5. The Balaban J connectivity index is 1.94. The number of ether oxygens (including phenoxy) is 4. The summed E-state index contributed by atoms with van der Waals surface area (Å²) < 4.78 is 21.4. The summed E-state index contributed by atoms with van der Waals surface area (Å²) in [5.41, 5.74) is 1.69. The molecule has 1 heterocycles. The highest BCUT2D eigenvalue weighted by Gasteiger charge is 2.41. The van der Waals surface area contributed by atoms with Gasteiger partial charge in [-0.1, -0.05) is 54.2 Å². The number of nitrogens with zero attached hydrogens (tertiary/aromatic N) is 2. The lowest BCUT2D eigenvalue weighted by molar-refractivity contribution is -0.145. The number of halogens is 1. The van der Waals surface area contributed by atoms with Crippen molar-refractivity contribution in [2.24, 2.45) is 10.9 Å². The largest absolute Gasteiger partial charge is 0.496 e. The fraction of sp³-hybridized carbons (Fsp3) is 0.286. The van der Waals surface area contributed by atoms with Crippen LogP contribution < -0.4 is 19.5 Å². The van der Waals surface area contributed by atoms with Crippen LogP contribution in [0.1, 0.15) is 18.4 Å². The van der Waals surface area contributed by atoms with E-state index in [1.165, 1.54) is 33.5 Å². The van der Waals surface area contributed by atoms with Crippen LogP contribution in [-0.4, -0.2) is 51.3 Å². The van der Waals surface area contributed by atoms with E-state index in [1.807, 2.05) is 0 Å². The molecular formula is C28H28ClN3O6S. The first kappa shape index (κ1) is 29.6. The maximum absolute atomic E-state index is 13.1. The van der Waals surface area contributed by atoms with Gasteiger partial charge in [-0.15, -0.1) is 0 Å². The summed E-state index contributed by atoms with van der Waals surface area (Å²) in [5.74, 6) is -1.33. The van der Waals surface area contributed by atoms with Crippen molar-refractivity contribution in [2.75, 3.05) is 39.0 Å². The van der Waals surface area contributed by atoms with Gasteiger partial charge in [0.05, 0.1) is 49.4 Å². The molecule has 2 aromatic carbocycles. The van der Waals surface area contributed by atoms with E-state index in [9.17, 15) is 14.9 Å². The van der Waals surface area contributed by atoms with Crippen molar-refractivity contribution < 1.29 is 28.5 Å². The van der Waals surface area contributed by atoms with Gasteiger partial charge in [0.1, 0.15) is 34.8 Å². The smallest absolute Gasteiger partial charge is 0.315 e. The zero-order valence-corrected chi connectivity index (χ0v) is 23.5. The van der Waals surface area contributed by atoms with E-state index >= 15 is 0 Å². The predicted octanol–water partition coefficient (Wildman–Crippen LogP) is 5.38. The van der Waals surface area contributed by atoms with E-state index in [-0.39, 0.29) is 23.8 Å². The minimum atomic E-state index is -0.861. The standard InChI is InChI=1S/C28H28ClN3O6S/c1-6-11-38-28(34)25-16(2)31-27(18(14-30)26(25)17-9-7-8-10-21(17)35-3)39-15-24(33)32-20-13-22(36-4)19(29)12-23(20)37-5/h6-10,12-13,25-26H,1,11,15H2,2-5H3,(H,32,33)/t25?,26-/m1/s1. The number of thioether (sulfide) groups is 1. The number of para-hydroxylation sites is 1. The Hall–Kier alpha value is -3.94. The Morgan fingerprint density at radius 3 is 2.49 bits per heavy atom. The van der Waals surface area contributed by atoms with Gasteiger partial charge in [-0.3, -0.25) is 9.59 Å². The number of esters is 1. The quantitative estimate of drug-likeness (QED) is 0.283. The summed E-state index contributed by atoms with van der Waals surface area (Å²) in [4.78, 5) is 30.6. The highest BCUT2D eigenvalue weighted by molar-refractivity contribution is 8.03. The Bertz CT molecular complexity index is 1370. The van der Waals surface area contributed by atoms with Crippen molar-refractivity contribution in [2.45, 2.75) is 12.8 Å². The van der Waals surface area contributed by atoms with E-state index in [0.29, 0.717) is 44.3 Å². The van der Waals surface area contributed by atoms with E-state index in [0.717, 1.165) is 11.8 Å². The predicted molar refractivity (Wildman–Crippen MR) is 152 cm³/mol. The van der Waals surface area contributed by atoms with Gasteiger partial charge in [0.15, 0.2) is 0 Å². The molecule has 1 unspecified atom stereocenters. The highest BCUT2D eigenvalue weighted by atomic mass is 35.5. The van der Waals surface area contributed by atoms with Gasteiger partial charge in [0.2, 0.25) is 5.91 Å². The van der Waals surface area contributed by atoms with E-state index in [4.69, 9.17) is 30.5 Å². The molecule has 11 heteroatoms. The van der Waals surface area contributed by atoms with E-state index in [2.05, 4.69) is 23.0 Å². The molecular weight excluding hydrogens is 542 g/mol. The van der Waals surface area contributed by atoms with Crippen LogP contribution in [0, 0.1) is 17.2 Å². The van der Waals surface area contributed by atoms with Crippen molar-refractivity contribution >= 4 is 46.6 Å². The topological polar surface area (TPSA) is 119 Å². The number of allylic oxidation sites excluding steroid dienone is 1. The van der Waals surface area contributed by atoms with Crippen LogP contribution in [0.5, 0.6) is 17.2 Å². The average Bonchev–Trinajstić information content (AvgIpc) is 2.94. The molecule has 1 aliphatic heterocycles. The first-order valence-electron chi connectivity index (χ1n) is 11.7. The van der Waals surface area contributed by atoms with Crippen molar-refractivity contribution in [1.29, 1.82) is 5.26 Å². The van der Waals surface area contributed by atoms with Gasteiger partial charge in [0.25, 0.3) is 0 Å². The number of nitrogens with one attached hydrogen (secondary N) is 1. The van der Waals surface area contributed by atoms with Crippen LogP contribution in [0.4, 0.5) is 5.69 Å². The SMILES string of the molecule is C=CCOC(=O)C1C(C)=NC(SCC(=O)Nc2cc(OC)c(Cl)cc2OC)=C(C#N)[C@H]1c1ccccc1OC. The lowest BCUT2D eigenvalue weighted by Gasteiger charge is -2.31. The Morgan fingerprint density at radius 1 is 1.15 bits per heavy atom. The number of hydrogen-bond acceptors (Lipinski definition) is 9. The number of amides is 1. The molecule has 1 aliphatic rings. The van der Waals surface area contributed by atoms with Crippen molar-refractivity contribution in [3.05, 3.63) is 70.2 Å². The summed E-state index contributed by atoms with van der Waals surface area (Å²) in [6.45, 7) is 5.31. The number of carbonyl (C=O) groups is 2. The van der Waals surface area contributed by atoms with Gasteiger partial charge >= 0.3 is 5.97 Å². The molecule has 1 N–H and O–H groups in total. The third kappa shape index (κ3) is 6.74. The Kier molecular flexibility index (Phi) is 10.4. The van der Waals surface area contributed by atoms with Crippen LogP contribution in [0.25, 0.3) is 0 Å². The highest BCUT2D eigenvalue weighted by Crippen LogP contribution is 2.45. The molecule has 9 nitrogen and oxygen atoms in total. The Morgan fingerprint density at radius 2 is 1.85 bits per heavy atom. The molecule has 2 aromatic rings. The summed E-state index contributed by atoms with van der Waals surface area (Å²) in [6.07, 6.45) is 1.47. The molecule has 0 saturated heterocycles. The third-order valence-corrected chi connectivity index (χ3v) is 7.17. The molecule has 0 spiro atoms. The van der Waals surface area contributed by atoms with Crippen LogP contribution in [-0.2, 0) is 14.3 Å². The monoisotopic (exact) mass is 569 g/mol. The van der Waals surface area contributed by atoms with Gasteiger partial charge in [-0.2, -0.15) is 5.26 Å². The average molecular weight is 570 g/mol. The van der Waals surface area contributed by atoms with Gasteiger partial charge < -0.3 is 24.3 Å². The molecule has 0 fully saturated rings. The molecule has 1 amide bonds. The molecule has 0 aliphatic carbocycles. The second kappa shape index (κ2) is 13.7. The number of anilines is 1. The maximum atomic E-state index is 13.1. The van der Waals surface area contributed by atoms with E-state index in [1.54, 1.807) is 37.3 Å². The van der Waals surface area contributed by atoms with Crippen LogP contribution in [0.15, 0.2) is 64.6 Å². The number of benzene rings is 2. The minimum absolute atomic E-state index is 0.0214. The molecule has 39 heavy (non-hydrogen) atoms. The second-order valence-electron chi connectivity index (χ2n) is 8.22. The number of hydrogen-bond donors (Lipinski definition) is 1. The first-order valence-corrected chi connectivity index (χ1v) is 13.1. The fourth-order valence-corrected chi connectivity index (χ4v) is 5.24. The van der Waals surface area contributed by atoms with Crippen LogP contribution in [0.2, 0.25) is 5.02 Å². The van der Waals surface area contributed by atoms with Gasteiger partial charge in [-0.25, -0.2) is 4.99 Å². The molecule has 0 saturated carbocycles. The molecule has 204 valence electrons. The maximum Gasteiger partial charge on any atom is 0.315 e. The first-order chi connectivity index (χ1) is 18.8. The molecule has 3 rings (SSSR count). The molecule has 2 atom stereocenters. The third-order valence-electron chi connectivity index (χ3n) is 5.88. The number of methoxy groups -OCH3 is 3. The van der Waals surface area contributed by atoms with Crippen molar-refractivity contribution in [3.8, 4) is 23.3 Å². The fourth-order valence-electron chi connectivity index (χ4n) is 4.13. The summed E-state index contributed by atoms with van der Waals surface area (Å²) in [5, 5.41) is 13.7. The lowest BCUT2D eigenvalue weighted by atomic mass is 9.77. The van der Waals surface area contributed by atoms with E-state index < -0.39 is 17.8 Å². The normalized spacial score (nSPS) is 16.5. The van der Waals surface area contributed by atoms with Gasteiger partial charge in [-0.05, 0) is 13.0 Å². The molecule has 0 bridgehead atoms. The number of aliphatic imine (C=N–C) groups is 1. The second-order valence-corrected chi connectivity index (χ2v) is 9.59. The minimum Gasteiger partial charge on any atom is -0.496 e. The van der Waals surface area contributed by atoms with Gasteiger partial charge in [0, 0.05) is 29.3 Å². The summed E-state index contributed by atoms with van der Waals surface area (Å²) in [7, 11) is 4.44. The number of carbonyl (C=O) groups excluding carboxylic acids is 2. The van der Waals surface area contributed by atoms with Crippen LogP contribution in [0.3, 0.4) is 0 Å². The number of nitriles is 1. The number of rotatable bonds is 11. The van der Waals surface area contributed by atoms with Crippen molar-refractivity contribution in [1.82, 2.24) is 0 Å². The molecule has 0 aromatic heterocycles. The van der Waals surface area contributed by atoms with Crippen molar-refractivity contribution in [3.63, 3.8) is 0 Å².